The van der Waals surface area contributed by atoms with Crippen LogP contribution in [0.4, 0.5) is 0 Å². The number of benzene rings is 1. The molecule has 1 heterocycles. The van der Waals surface area contributed by atoms with Crippen molar-refractivity contribution in [2.24, 2.45) is 0 Å². The van der Waals surface area contributed by atoms with Gasteiger partial charge in [-0.05, 0) is 18.1 Å². The maximum atomic E-state index is 6.20. The largest absolute Gasteiger partial charge is 0.246 e. The van der Waals surface area contributed by atoms with E-state index in [2.05, 4.69) is 57.3 Å². The number of halogens is 1. The normalized spacial score (nSPS) is 13.4. The van der Waals surface area contributed by atoms with Crippen LogP contribution in [-0.4, -0.2) is 10.9 Å². The summed E-state index contributed by atoms with van der Waals surface area (Å²) >= 11 is 7.95. The molecule has 0 bridgehead atoms. The van der Waals surface area contributed by atoms with Gasteiger partial charge in [-0.2, -0.15) is 0 Å². The average molecular weight is 308 g/mol. The summed E-state index contributed by atoms with van der Waals surface area (Å²) in [6.45, 7) is 8.75. The molecule has 0 spiro atoms. The van der Waals surface area contributed by atoms with Crippen LogP contribution >= 0.6 is 22.9 Å². The Morgan fingerprint density at radius 3 is 2.50 bits per heavy atom. The zero-order chi connectivity index (χ0) is 14.8. The van der Waals surface area contributed by atoms with Gasteiger partial charge < -0.3 is 0 Å². The first-order chi connectivity index (χ1) is 9.41. The second-order valence-electron chi connectivity index (χ2n) is 6.29. The van der Waals surface area contributed by atoms with Crippen molar-refractivity contribution in [3.05, 3.63) is 51.5 Å². The monoisotopic (exact) mass is 307 g/mol. The fourth-order valence-corrected chi connectivity index (χ4v) is 3.63. The molecule has 0 aliphatic carbocycles. The van der Waals surface area contributed by atoms with Crippen molar-refractivity contribution >= 4 is 22.9 Å². The van der Waals surface area contributed by atoms with Crippen LogP contribution in [0.2, 0.25) is 0 Å². The van der Waals surface area contributed by atoms with Gasteiger partial charge in [0.25, 0.3) is 0 Å². The molecule has 0 fully saturated rings. The molecule has 0 saturated carbocycles. The van der Waals surface area contributed by atoms with E-state index in [1.54, 1.807) is 11.3 Å². The zero-order valence-corrected chi connectivity index (χ0v) is 14.2. The highest BCUT2D eigenvalue weighted by molar-refractivity contribution is 7.09. The van der Waals surface area contributed by atoms with Crippen LogP contribution in [-0.2, 0) is 11.8 Å². The molecule has 0 radical (unpaired) electrons. The van der Waals surface area contributed by atoms with Gasteiger partial charge in [-0.1, -0.05) is 45.0 Å². The quantitative estimate of drug-likeness (QED) is 0.697. The van der Waals surface area contributed by atoms with Crippen LogP contribution in [0.3, 0.4) is 0 Å². The number of thiazole rings is 1. The number of nitrogens with zero attached hydrogens (tertiary/aromatic N) is 1. The van der Waals surface area contributed by atoms with Gasteiger partial charge >= 0.3 is 0 Å². The molecule has 2 aromatic rings. The Morgan fingerprint density at radius 2 is 1.95 bits per heavy atom. The zero-order valence-electron chi connectivity index (χ0n) is 12.6. The summed E-state index contributed by atoms with van der Waals surface area (Å²) in [6, 6.07) is 8.49. The molecule has 0 amide bonds. The lowest BCUT2D eigenvalue weighted by atomic mass is 9.92. The number of alkyl halides is 1. The van der Waals surface area contributed by atoms with E-state index >= 15 is 0 Å². The van der Waals surface area contributed by atoms with Crippen LogP contribution in [0, 0.1) is 6.92 Å². The topological polar surface area (TPSA) is 12.9 Å². The Kier molecular flexibility index (Phi) is 4.87. The van der Waals surface area contributed by atoms with Crippen LogP contribution in [0.25, 0.3) is 0 Å². The third-order valence-electron chi connectivity index (χ3n) is 3.56. The smallest absolute Gasteiger partial charge is 0.0935 e. The SMILES string of the molecule is Cc1ccccc1C(CCl)Cc1nc(C(C)(C)C)cs1. The molecular weight excluding hydrogens is 286 g/mol. The highest BCUT2D eigenvalue weighted by Crippen LogP contribution is 2.29. The van der Waals surface area contributed by atoms with Crippen molar-refractivity contribution in [2.75, 3.05) is 5.88 Å². The van der Waals surface area contributed by atoms with E-state index in [0.29, 0.717) is 11.8 Å². The fourth-order valence-electron chi connectivity index (χ4n) is 2.25. The third kappa shape index (κ3) is 3.62. The van der Waals surface area contributed by atoms with Crippen molar-refractivity contribution in [1.82, 2.24) is 4.98 Å². The highest BCUT2D eigenvalue weighted by Gasteiger charge is 2.20. The molecule has 1 nitrogen and oxygen atoms in total. The lowest BCUT2D eigenvalue weighted by Gasteiger charge is -2.16. The number of rotatable bonds is 4. The van der Waals surface area contributed by atoms with E-state index in [1.807, 2.05) is 0 Å². The van der Waals surface area contributed by atoms with E-state index in [-0.39, 0.29) is 5.41 Å². The van der Waals surface area contributed by atoms with Gasteiger partial charge in [0, 0.05) is 29.0 Å². The summed E-state index contributed by atoms with van der Waals surface area (Å²) in [6.07, 6.45) is 0.926. The molecule has 108 valence electrons. The van der Waals surface area contributed by atoms with Gasteiger partial charge in [-0.15, -0.1) is 22.9 Å². The molecule has 1 atom stereocenters. The van der Waals surface area contributed by atoms with Gasteiger partial charge in [-0.25, -0.2) is 4.98 Å². The van der Waals surface area contributed by atoms with Gasteiger partial charge in [-0.3, -0.25) is 0 Å². The Labute approximate surface area is 131 Å². The van der Waals surface area contributed by atoms with Gasteiger partial charge in [0.1, 0.15) is 0 Å². The summed E-state index contributed by atoms with van der Waals surface area (Å²) in [5, 5.41) is 3.36. The van der Waals surface area contributed by atoms with Crippen molar-refractivity contribution < 1.29 is 0 Å². The highest BCUT2D eigenvalue weighted by atomic mass is 35.5. The molecule has 0 N–H and O–H groups in total. The van der Waals surface area contributed by atoms with Crippen LogP contribution < -0.4 is 0 Å². The predicted molar refractivity (Wildman–Crippen MR) is 89.2 cm³/mol. The summed E-state index contributed by atoms with van der Waals surface area (Å²) in [7, 11) is 0. The summed E-state index contributed by atoms with van der Waals surface area (Å²) in [4.78, 5) is 4.78. The first kappa shape index (κ1) is 15.5. The Balaban J connectivity index is 2.19. The predicted octanol–water partition coefficient (Wildman–Crippen LogP) is 5.31. The number of hydrogen-bond donors (Lipinski definition) is 0. The number of aryl methyl sites for hydroxylation is 1. The Morgan fingerprint density at radius 1 is 1.25 bits per heavy atom. The lowest BCUT2D eigenvalue weighted by Crippen LogP contribution is -2.12. The first-order valence-electron chi connectivity index (χ1n) is 6.98. The molecular formula is C17H22ClNS. The molecule has 1 unspecified atom stereocenters. The molecule has 2 rings (SSSR count). The molecule has 0 aliphatic heterocycles. The minimum atomic E-state index is 0.119. The molecule has 1 aromatic carbocycles. The molecule has 1 aromatic heterocycles. The van der Waals surface area contributed by atoms with Crippen LogP contribution in [0.15, 0.2) is 29.6 Å². The molecule has 20 heavy (non-hydrogen) atoms. The second kappa shape index (κ2) is 6.28. The van der Waals surface area contributed by atoms with Gasteiger partial charge in [0.2, 0.25) is 0 Å². The number of aromatic nitrogens is 1. The third-order valence-corrected chi connectivity index (χ3v) is 4.80. The standard InChI is InChI=1S/C17H22ClNS/c1-12-7-5-6-8-14(12)13(10-18)9-16-19-15(11-20-16)17(2,3)4/h5-8,11,13H,9-10H2,1-4H3. The van der Waals surface area contributed by atoms with Gasteiger partial charge in [0.15, 0.2) is 0 Å². The van der Waals surface area contributed by atoms with Crippen molar-refractivity contribution in [3.63, 3.8) is 0 Å². The maximum Gasteiger partial charge on any atom is 0.0935 e. The number of hydrogen-bond acceptors (Lipinski definition) is 2. The second-order valence-corrected chi connectivity index (χ2v) is 7.54. The van der Waals surface area contributed by atoms with Gasteiger partial charge in [0.05, 0.1) is 10.7 Å². The summed E-state index contributed by atoms with van der Waals surface area (Å²) in [5.74, 6) is 0.979. The van der Waals surface area contributed by atoms with E-state index in [9.17, 15) is 0 Å². The lowest BCUT2D eigenvalue weighted by molar-refractivity contribution is 0.569. The van der Waals surface area contributed by atoms with E-state index in [4.69, 9.17) is 16.6 Å². The maximum absolute atomic E-state index is 6.20. The Hall–Kier alpha value is -0.860. The van der Waals surface area contributed by atoms with Crippen LogP contribution in [0.1, 0.15) is 48.5 Å². The van der Waals surface area contributed by atoms with E-state index < -0.39 is 0 Å². The summed E-state index contributed by atoms with van der Waals surface area (Å²) in [5.41, 5.74) is 3.95. The molecule has 3 heteroatoms. The average Bonchev–Trinajstić information content (AvgIpc) is 2.85. The van der Waals surface area contributed by atoms with Crippen molar-refractivity contribution in [3.8, 4) is 0 Å². The summed E-state index contributed by atoms with van der Waals surface area (Å²) < 4.78 is 0. The molecule has 0 saturated heterocycles. The minimum Gasteiger partial charge on any atom is -0.246 e. The molecule has 0 aliphatic rings. The van der Waals surface area contributed by atoms with Crippen molar-refractivity contribution in [1.29, 1.82) is 0 Å². The van der Waals surface area contributed by atoms with E-state index in [1.165, 1.54) is 21.8 Å². The minimum absolute atomic E-state index is 0.119. The van der Waals surface area contributed by atoms with Crippen LogP contribution in [0.5, 0.6) is 0 Å². The van der Waals surface area contributed by atoms with E-state index in [0.717, 1.165) is 6.42 Å². The van der Waals surface area contributed by atoms with Crippen molar-refractivity contribution in [2.45, 2.75) is 45.4 Å². The Bertz CT molecular complexity index is 568. The first-order valence-corrected chi connectivity index (χ1v) is 8.39. The fraction of sp³-hybridized carbons (Fsp3) is 0.471.